The Balaban J connectivity index is 2.30. The summed E-state index contributed by atoms with van der Waals surface area (Å²) >= 11 is 0. The van der Waals surface area contributed by atoms with Crippen LogP contribution in [0.3, 0.4) is 0 Å². The van der Waals surface area contributed by atoms with Crippen molar-refractivity contribution in [2.24, 2.45) is 0 Å². The SMILES string of the molecule is CC1(C)Cc2cccc(C(=O)NCC#N)c2O1. The van der Waals surface area contributed by atoms with Gasteiger partial charge in [-0.15, -0.1) is 0 Å². The van der Waals surface area contributed by atoms with Crippen molar-refractivity contribution in [2.45, 2.75) is 25.9 Å². The van der Waals surface area contributed by atoms with E-state index in [1.807, 2.05) is 32.0 Å². The second-order valence-electron chi connectivity index (χ2n) is 4.67. The summed E-state index contributed by atoms with van der Waals surface area (Å²) in [5.74, 6) is 0.383. The minimum atomic E-state index is -0.270. The van der Waals surface area contributed by atoms with Crippen molar-refractivity contribution in [3.05, 3.63) is 29.3 Å². The first-order valence-electron chi connectivity index (χ1n) is 5.49. The Morgan fingerprint density at radius 1 is 1.59 bits per heavy atom. The molecule has 0 fully saturated rings. The summed E-state index contributed by atoms with van der Waals surface area (Å²) in [6.45, 7) is 3.99. The predicted octanol–water partition coefficient (Wildman–Crippen LogP) is 1.65. The minimum Gasteiger partial charge on any atom is -0.486 e. The van der Waals surface area contributed by atoms with E-state index in [0.717, 1.165) is 12.0 Å². The van der Waals surface area contributed by atoms with E-state index in [1.54, 1.807) is 6.07 Å². The van der Waals surface area contributed by atoms with Crippen LogP contribution in [0.15, 0.2) is 18.2 Å². The molecule has 1 aromatic rings. The van der Waals surface area contributed by atoms with Crippen LogP contribution in [0.1, 0.15) is 29.8 Å². The van der Waals surface area contributed by atoms with E-state index in [2.05, 4.69) is 5.32 Å². The van der Waals surface area contributed by atoms with E-state index in [9.17, 15) is 4.79 Å². The highest BCUT2D eigenvalue weighted by atomic mass is 16.5. The number of ether oxygens (including phenoxy) is 1. The minimum absolute atomic E-state index is 0.00585. The summed E-state index contributed by atoms with van der Waals surface area (Å²) in [5, 5.41) is 11.0. The molecule has 0 saturated heterocycles. The molecule has 0 saturated carbocycles. The zero-order chi connectivity index (χ0) is 12.5. The Hall–Kier alpha value is -2.02. The third-order valence-electron chi connectivity index (χ3n) is 2.66. The van der Waals surface area contributed by atoms with Gasteiger partial charge in [-0.05, 0) is 25.5 Å². The first kappa shape index (κ1) is 11.5. The summed E-state index contributed by atoms with van der Waals surface area (Å²) in [7, 11) is 0. The third kappa shape index (κ3) is 2.23. The molecule has 1 aliphatic rings. The van der Waals surface area contributed by atoms with E-state index in [4.69, 9.17) is 10.00 Å². The van der Waals surface area contributed by atoms with Gasteiger partial charge in [0.15, 0.2) is 0 Å². The fourth-order valence-electron chi connectivity index (χ4n) is 2.01. The number of nitrogens with zero attached hydrogens (tertiary/aromatic N) is 1. The second-order valence-corrected chi connectivity index (χ2v) is 4.67. The molecule has 0 aromatic heterocycles. The summed E-state index contributed by atoms with van der Waals surface area (Å²) in [6, 6.07) is 7.40. The lowest BCUT2D eigenvalue weighted by molar-refractivity contribution is 0.0944. The lowest BCUT2D eigenvalue weighted by Crippen LogP contribution is -2.27. The monoisotopic (exact) mass is 230 g/mol. The van der Waals surface area contributed by atoms with Gasteiger partial charge >= 0.3 is 0 Å². The number of fused-ring (bicyclic) bond motifs is 1. The summed E-state index contributed by atoms with van der Waals surface area (Å²) in [5.41, 5.74) is 1.27. The number of nitriles is 1. The molecule has 0 unspecified atom stereocenters. The molecule has 0 bridgehead atoms. The highest BCUT2D eigenvalue weighted by molar-refractivity contribution is 5.97. The van der Waals surface area contributed by atoms with E-state index in [-0.39, 0.29) is 18.1 Å². The van der Waals surface area contributed by atoms with Crippen molar-refractivity contribution in [3.63, 3.8) is 0 Å². The van der Waals surface area contributed by atoms with Gasteiger partial charge in [-0.2, -0.15) is 5.26 Å². The van der Waals surface area contributed by atoms with Crippen molar-refractivity contribution in [2.75, 3.05) is 6.54 Å². The second kappa shape index (κ2) is 4.10. The highest BCUT2D eigenvalue weighted by Gasteiger charge is 2.32. The van der Waals surface area contributed by atoms with E-state index >= 15 is 0 Å². The number of carbonyl (C=O) groups excluding carboxylic acids is 1. The van der Waals surface area contributed by atoms with Gasteiger partial charge in [0, 0.05) is 6.42 Å². The van der Waals surface area contributed by atoms with Crippen LogP contribution in [-0.2, 0) is 6.42 Å². The van der Waals surface area contributed by atoms with Gasteiger partial charge in [0.05, 0.1) is 11.6 Å². The Labute approximate surface area is 100 Å². The van der Waals surface area contributed by atoms with Crippen molar-refractivity contribution in [1.82, 2.24) is 5.32 Å². The van der Waals surface area contributed by atoms with Crippen molar-refractivity contribution < 1.29 is 9.53 Å². The normalized spacial score (nSPS) is 15.6. The molecule has 1 aromatic carbocycles. The molecule has 1 aliphatic heterocycles. The largest absolute Gasteiger partial charge is 0.486 e. The standard InChI is InChI=1S/C13H14N2O2/c1-13(2)8-9-4-3-5-10(11(9)17-13)12(16)15-7-6-14/h3-5H,7-8H2,1-2H3,(H,15,16). The van der Waals surface area contributed by atoms with Gasteiger partial charge in [-0.25, -0.2) is 0 Å². The molecule has 2 rings (SSSR count). The van der Waals surface area contributed by atoms with Crippen LogP contribution in [-0.4, -0.2) is 18.1 Å². The number of carbonyl (C=O) groups is 1. The van der Waals surface area contributed by atoms with Gasteiger partial charge < -0.3 is 10.1 Å². The molecule has 17 heavy (non-hydrogen) atoms. The molecule has 4 nitrogen and oxygen atoms in total. The number of nitrogens with one attached hydrogen (secondary N) is 1. The topological polar surface area (TPSA) is 62.1 Å². The highest BCUT2D eigenvalue weighted by Crippen LogP contribution is 2.37. The number of amides is 1. The number of para-hydroxylation sites is 1. The van der Waals surface area contributed by atoms with Gasteiger partial charge in [0.2, 0.25) is 0 Å². The van der Waals surface area contributed by atoms with Gasteiger partial charge in [0.1, 0.15) is 17.9 Å². The van der Waals surface area contributed by atoms with E-state index in [0.29, 0.717) is 11.3 Å². The maximum absolute atomic E-state index is 11.8. The molecule has 88 valence electrons. The Morgan fingerprint density at radius 3 is 3.06 bits per heavy atom. The third-order valence-corrected chi connectivity index (χ3v) is 2.66. The smallest absolute Gasteiger partial charge is 0.255 e. The zero-order valence-electron chi connectivity index (χ0n) is 9.91. The van der Waals surface area contributed by atoms with Crippen LogP contribution in [0, 0.1) is 11.3 Å². The molecule has 1 amide bonds. The van der Waals surface area contributed by atoms with Crippen molar-refractivity contribution >= 4 is 5.91 Å². The quantitative estimate of drug-likeness (QED) is 0.786. The van der Waals surface area contributed by atoms with Crippen LogP contribution in [0.2, 0.25) is 0 Å². The average molecular weight is 230 g/mol. The van der Waals surface area contributed by atoms with Crippen LogP contribution >= 0.6 is 0 Å². The number of hydrogen-bond acceptors (Lipinski definition) is 3. The molecule has 1 N–H and O–H groups in total. The molecule has 0 atom stereocenters. The molecule has 4 heteroatoms. The molecule has 1 heterocycles. The maximum atomic E-state index is 11.8. The molecular formula is C13H14N2O2. The fourth-order valence-corrected chi connectivity index (χ4v) is 2.01. The Kier molecular flexibility index (Phi) is 2.76. The number of rotatable bonds is 2. The molecule has 0 aliphatic carbocycles. The Bertz CT molecular complexity index is 501. The fraction of sp³-hybridized carbons (Fsp3) is 0.385. The van der Waals surface area contributed by atoms with E-state index in [1.165, 1.54) is 0 Å². The first-order valence-corrected chi connectivity index (χ1v) is 5.49. The van der Waals surface area contributed by atoms with Crippen molar-refractivity contribution in [1.29, 1.82) is 5.26 Å². The van der Waals surface area contributed by atoms with Crippen LogP contribution in [0.4, 0.5) is 0 Å². The average Bonchev–Trinajstić information content (AvgIpc) is 2.59. The number of benzene rings is 1. The van der Waals surface area contributed by atoms with Crippen LogP contribution < -0.4 is 10.1 Å². The lowest BCUT2D eigenvalue weighted by Gasteiger charge is -2.17. The summed E-state index contributed by atoms with van der Waals surface area (Å²) in [6.07, 6.45) is 0.793. The van der Waals surface area contributed by atoms with Gasteiger partial charge in [0.25, 0.3) is 5.91 Å². The molecular weight excluding hydrogens is 216 g/mol. The first-order chi connectivity index (χ1) is 8.03. The lowest BCUT2D eigenvalue weighted by atomic mass is 10.0. The predicted molar refractivity (Wildman–Crippen MR) is 62.8 cm³/mol. The van der Waals surface area contributed by atoms with Crippen LogP contribution in [0.5, 0.6) is 5.75 Å². The summed E-state index contributed by atoms with van der Waals surface area (Å²) < 4.78 is 5.78. The zero-order valence-corrected chi connectivity index (χ0v) is 9.91. The van der Waals surface area contributed by atoms with Gasteiger partial charge in [-0.1, -0.05) is 12.1 Å². The van der Waals surface area contributed by atoms with Crippen molar-refractivity contribution in [3.8, 4) is 11.8 Å². The Morgan fingerprint density at radius 2 is 2.35 bits per heavy atom. The molecule has 0 radical (unpaired) electrons. The molecule has 0 spiro atoms. The maximum Gasteiger partial charge on any atom is 0.255 e. The van der Waals surface area contributed by atoms with E-state index < -0.39 is 0 Å². The summed E-state index contributed by atoms with van der Waals surface area (Å²) in [4.78, 5) is 11.8. The number of hydrogen-bond donors (Lipinski definition) is 1. The van der Waals surface area contributed by atoms with Gasteiger partial charge in [-0.3, -0.25) is 4.79 Å². The van der Waals surface area contributed by atoms with Crippen LogP contribution in [0.25, 0.3) is 0 Å².